The first kappa shape index (κ1) is 14.9. The summed E-state index contributed by atoms with van der Waals surface area (Å²) in [5.41, 5.74) is -0.406. The van der Waals surface area contributed by atoms with Gasteiger partial charge in [0.1, 0.15) is 17.1 Å². The topological polar surface area (TPSA) is 95.9 Å². The molecule has 19 heavy (non-hydrogen) atoms. The van der Waals surface area contributed by atoms with E-state index in [0.29, 0.717) is 0 Å². The molecule has 1 rings (SSSR count). The van der Waals surface area contributed by atoms with Crippen LogP contribution < -0.4 is 10.1 Å². The van der Waals surface area contributed by atoms with Crippen molar-refractivity contribution in [3.63, 3.8) is 0 Å². The van der Waals surface area contributed by atoms with Gasteiger partial charge in [-0.3, -0.25) is 4.79 Å². The molecule has 1 amide bonds. The van der Waals surface area contributed by atoms with E-state index in [1.165, 1.54) is 26.2 Å². The summed E-state index contributed by atoms with van der Waals surface area (Å²) >= 11 is 0. The summed E-state index contributed by atoms with van der Waals surface area (Å²) in [7, 11) is 1.26. The van der Waals surface area contributed by atoms with E-state index in [4.69, 9.17) is 9.84 Å². The standard InChI is InChI=1S/C12H14FNO5/c1-6(15)10(12(17)18)14-11(16)9-7(13)4-3-5-8(9)19-2/h3-6,10,15H,1-2H3,(H,14,16)(H,17,18). The van der Waals surface area contributed by atoms with Crippen LogP contribution in [0, 0.1) is 5.82 Å². The van der Waals surface area contributed by atoms with Crippen molar-refractivity contribution in [1.29, 1.82) is 0 Å². The van der Waals surface area contributed by atoms with Gasteiger partial charge in [-0.2, -0.15) is 0 Å². The number of aliphatic hydroxyl groups is 1. The number of methoxy groups -OCH3 is 1. The fourth-order valence-electron chi connectivity index (χ4n) is 1.50. The van der Waals surface area contributed by atoms with Crippen molar-refractivity contribution < 1.29 is 28.9 Å². The maximum absolute atomic E-state index is 13.6. The van der Waals surface area contributed by atoms with E-state index in [-0.39, 0.29) is 5.75 Å². The maximum Gasteiger partial charge on any atom is 0.328 e. The second-order valence-corrected chi connectivity index (χ2v) is 3.85. The molecule has 0 aliphatic heterocycles. The molecule has 0 saturated heterocycles. The van der Waals surface area contributed by atoms with Gasteiger partial charge in [-0.1, -0.05) is 6.07 Å². The molecule has 3 N–H and O–H groups in total. The Labute approximate surface area is 108 Å². The number of aliphatic hydroxyl groups excluding tert-OH is 1. The number of benzene rings is 1. The quantitative estimate of drug-likeness (QED) is 0.720. The monoisotopic (exact) mass is 271 g/mol. The third-order valence-electron chi connectivity index (χ3n) is 2.46. The predicted octanol–water partition coefficient (Wildman–Crippen LogP) is 0.398. The number of rotatable bonds is 5. The summed E-state index contributed by atoms with van der Waals surface area (Å²) in [4.78, 5) is 22.7. The van der Waals surface area contributed by atoms with Crippen LogP contribution in [0.4, 0.5) is 4.39 Å². The molecular weight excluding hydrogens is 257 g/mol. The third-order valence-corrected chi connectivity index (χ3v) is 2.46. The number of ether oxygens (including phenoxy) is 1. The highest BCUT2D eigenvalue weighted by molar-refractivity contribution is 5.99. The summed E-state index contributed by atoms with van der Waals surface area (Å²) in [6.07, 6.45) is -1.32. The molecule has 6 nitrogen and oxygen atoms in total. The van der Waals surface area contributed by atoms with E-state index in [9.17, 15) is 19.1 Å². The molecule has 0 aromatic heterocycles. The Balaban J connectivity index is 3.04. The summed E-state index contributed by atoms with van der Waals surface area (Å²) in [6, 6.07) is 2.25. The smallest absolute Gasteiger partial charge is 0.328 e. The zero-order valence-electron chi connectivity index (χ0n) is 10.4. The second kappa shape index (κ2) is 6.14. The molecule has 0 aliphatic rings. The Hall–Kier alpha value is -2.15. The van der Waals surface area contributed by atoms with Gasteiger partial charge in [-0.05, 0) is 19.1 Å². The number of aliphatic carboxylic acids is 1. The summed E-state index contributed by atoms with van der Waals surface area (Å²) in [6.45, 7) is 1.21. The largest absolute Gasteiger partial charge is 0.496 e. The van der Waals surface area contributed by atoms with E-state index in [1.54, 1.807) is 0 Å². The number of halogens is 1. The molecule has 0 spiro atoms. The highest BCUT2D eigenvalue weighted by Gasteiger charge is 2.27. The van der Waals surface area contributed by atoms with Crippen molar-refractivity contribution in [1.82, 2.24) is 5.32 Å². The Morgan fingerprint density at radius 3 is 2.53 bits per heavy atom. The summed E-state index contributed by atoms with van der Waals surface area (Å²) < 4.78 is 18.4. The minimum atomic E-state index is -1.53. The van der Waals surface area contributed by atoms with Gasteiger partial charge in [0.05, 0.1) is 13.2 Å². The molecule has 0 heterocycles. The first-order valence-corrected chi connectivity index (χ1v) is 5.42. The van der Waals surface area contributed by atoms with Crippen molar-refractivity contribution in [3.8, 4) is 5.75 Å². The number of amides is 1. The number of hydrogen-bond acceptors (Lipinski definition) is 4. The van der Waals surface area contributed by atoms with Crippen LogP contribution >= 0.6 is 0 Å². The molecular formula is C12H14FNO5. The van der Waals surface area contributed by atoms with Gasteiger partial charge in [0.25, 0.3) is 5.91 Å². The van der Waals surface area contributed by atoms with Crippen LogP contribution in [0.2, 0.25) is 0 Å². The van der Waals surface area contributed by atoms with Crippen LogP contribution in [0.5, 0.6) is 5.75 Å². The highest BCUT2D eigenvalue weighted by atomic mass is 19.1. The number of nitrogens with one attached hydrogen (secondary N) is 1. The molecule has 0 saturated carbocycles. The van der Waals surface area contributed by atoms with E-state index in [1.807, 2.05) is 5.32 Å². The lowest BCUT2D eigenvalue weighted by atomic mass is 10.1. The molecule has 7 heteroatoms. The zero-order chi connectivity index (χ0) is 14.6. The number of carboxylic acids is 1. The molecule has 104 valence electrons. The highest BCUT2D eigenvalue weighted by Crippen LogP contribution is 2.21. The van der Waals surface area contributed by atoms with E-state index in [0.717, 1.165) is 6.07 Å². The lowest BCUT2D eigenvalue weighted by Gasteiger charge is -2.18. The van der Waals surface area contributed by atoms with Crippen LogP contribution in [0.15, 0.2) is 18.2 Å². The van der Waals surface area contributed by atoms with Crippen LogP contribution in [-0.2, 0) is 4.79 Å². The number of carbonyl (C=O) groups excluding carboxylic acids is 1. The minimum absolute atomic E-state index is 0.0211. The van der Waals surface area contributed by atoms with Gasteiger partial charge in [0.2, 0.25) is 0 Å². The maximum atomic E-state index is 13.6. The van der Waals surface area contributed by atoms with Gasteiger partial charge >= 0.3 is 5.97 Å². The lowest BCUT2D eigenvalue weighted by Crippen LogP contribution is -2.47. The molecule has 0 radical (unpaired) electrons. The van der Waals surface area contributed by atoms with Gasteiger partial charge in [-0.25, -0.2) is 9.18 Å². The van der Waals surface area contributed by atoms with Crippen LogP contribution in [0.1, 0.15) is 17.3 Å². The average molecular weight is 271 g/mol. The molecule has 0 bridgehead atoms. The SMILES string of the molecule is COc1cccc(F)c1C(=O)NC(C(=O)O)C(C)O. The van der Waals surface area contributed by atoms with Crippen molar-refractivity contribution in [2.24, 2.45) is 0 Å². The van der Waals surface area contributed by atoms with Crippen molar-refractivity contribution in [2.75, 3.05) is 7.11 Å². The number of carboxylic acid groups (broad SMARTS) is 1. The normalized spacial score (nSPS) is 13.5. The molecule has 0 aliphatic carbocycles. The fraction of sp³-hybridized carbons (Fsp3) is 0.333. The Morgan fingerprint density at radius 2 is 2.05 bits per heavy atom. The van der Waals surface area contributed by atoms with Gasteiger partial charge in [0.15, 0.2) is 6.04 Å². The molecule has 2 atom stereocenters. The van der Waals surface area contributed by atoms with Gasteiger partial charge in [0, 0.05) is 0 Å². The van der Waals surface area contributed by atoms with Crippen molar-refractivity contribution in [3.05, 3.63) is 29.6 Å². The van der Waals surface area contributed by atoms with Crippen LogP contribution in [0.3, 0.4) is 0 Å². The van der Waals surface area contributed by atoms with E-state index in [2.05, 4.69) is 0 Å². The first-order chi connectivity index (χ1) is 8.88. The Kier molecular flexibility index (Phi) is 4.82. The molecule has 2 unspecified atom stereocenters. The Morgan fingerprint density at radius 1 is 1.42 bits per heavy atom. The lowest BCUT2D eigenvalue weighted by molar-refractivity contribution is -0.141. The molecule has 0 fully saturated rings. The average Bonchev–Trinajstić information content (AvgIpc) is 2.34. The number of hydrogen-bond donors (Lipinski definition) is 3. The second-order valence-electron chi connectivity index (χ2n) is 3.85. The van der Waals surface area contributed by atoms with E-state index >= 15 is 0 Å². The summed E-state index contributed by atoms with van der Waals surface area (Å²) in [5.74, 6) is -3.25. The van der Waals surface area contributed by atoms with Gasteiger partial charge in [-0.15, -0.1) is 0 Å². The Bertz CT molecular complexity index is 489. The minimum Gasteiger partial charge on any atom is -0.496 e. The predicted molar refractivity (Wildman–Crippen MR) is 63.5 cm³/mol. The summed E-state index contributed by atoms with van der Waals surface area (Å²) in [5, 5.41) is 20.1. The number of carbonyl (C=O) groups is 2. The molecule has 1 aromatic rings. The molecule has 1 aromatic carbocycles. The zero-order valence-corrected chi connectivity index (χ0v) is 10.4. The van der Waals surface area contributed by atoms with Gasteiger partial charge < -0.3 is 20.3 Å². The van der Waals surface area contributed by atoms with E-state index < -0.39 is 35.4 Å². The van der Waals surface area contributed by atoms with Crippen LogP contribution in [-0.4, -0.2) is 41.3 Å². The first-order valence-electron chi connectivity index (χ1n) is 5.42. The fourth-order valence-corrected chi connectivity index (χ4v) is 1.50. The van der Waals surface area contributed by atoms with Crippen molar-refractivity contribution >= 4 is 11.9 Å². The van der Waals surface area contributed by atoms with Crippen molar-refractivity contribution in [2.45, 2.75) is 19.1 Å². The van der Waals surface area contributed by atoms with Crippen LogP contribution in [0.25, 0.3) is 0 Å². The third kappa shape index (κ3) is 3.41.